The predicted molar refractivity (Wildman–Crippen MR) is 229 cm³/mol. The first-order valence-electron chi connectivity index (χ1n) is 18.4. The molecule has 6 rings (SSSR count). The molecule has 0 radical (unpaired) electrons. The normalized spacial score (nSPS) is 12.6. The molecule has 2 atom stereocenters. The molecule has 0 aliphatic heterocycles. The molecule has 0 saturated carbocycles. The third-order valence-corrected chi connectivity index (χ3v) is 12.2. The summed E-state index contributed by atoms with van der Waals surface area (Å²) >= 11 is 2.86. The largest absolute Gasteiger partial charge is 0.480 e. The van der Waals surface area contributed by atoms with Crippen LogP contribution in [0.4, 0.5) is 0 Å². The summed E-state index contributed by atoms with van der Waals surface area (Å²) < 4.78 is -0.751. The number of carbonyl (C=O) groups excluding carboxylic acids is 2. The minimum atomic E-state index is -1.21. The molecule has 6 aromatic carbocycles. The van der Waals surface area contributed by atoms with Gasteiger partial charge in [-0.3, -0.25) is 14.9 Å². The molecule has 0 saturated heterocycles. The lowest BCUT2D eigenvalue weighted by atomic mass is 9.76. The van der Waals surface area contributed by atoms with Gasteiger partial charge in [0.15, 0.2) is 0 Å². The lowest BCUT2D eigenvalue weighted by Crippen LogP contribution is -2.58. The van der Waals surface area contributed by atoms with Crippen LogP contribution in [-0.4, -0.2) is 52.4 Å². The molecule has 9 heteroatoms. The second-order valence-electron chi connectivity index (χ2n) is 13.3. The van der Waals surface area contributed by atoms with Crippen LogP contribution in [0.1, 0.15) is 40.3 Å². The zero-order chi connectivity index (χ0) is 39.2. The monoisotopic (exact) mass is 779 g/mol. The first kappa shape index (κ1) is 40.1. The smallest absolute Gasteiger partial charge is 0.327 e. The number of nitrogens with one attached hydrogen (secondary N) is 3. The summed E-state index contributed by atoms with van der Waals surface area (Å²) in [5.41, 5.74) is 4.85. The Bertz CT molecular complexity index is 1950. The van der Waals surface area contributed by atoms with E-state index in [-0.39, 0.29) is 23.3 Å². The maximum atomic E-state index is 15.0. The molecule has 4 N–H and O–H groups in total. The second kappa shape index (κ2) is 19.3. The van der Waals surface area contributed by atoms with Gasteiger partial charge in [0, 0.05) is 18.4 Å². The van der Waals surface area contributed by atoms with Gasteiger partial charge in [-0.25, -0.2) is 4.79 Å². The van der Waals surface area contributed by atoms with E-state index in [9.17, 15) is 19.5 Å². The highest BCUT2D eigenvalue weighted by molar-refractivity contribution is 8.00. The van der Waals surface area contributed by atoms with Crippen molar-refractivity contribution in [1.29, 1.82) is 0 Å². The van der Waals surface area contributed by atoms with Gasteiger partial charge in [-0.15, -0.1) is 23.5 Å². The van der Waals surface area contributed by atoms with Gasteiger partial charge >= 0.3 is 5.97 Å². The number of carbonyl (C=O) groups is 3. The molecule has 0 aliphatic rings. The van der Waals surface area contributed by atoms with E-state index < -0.39 is 34.2 Å². The van der Waals surface area contributed by atoms with Gasteiger partial charge in [0.2, 0.25) is 11.8 Å². The number of hydrogen-bond donors (Lipinski definition) is 4. The minimum Gasteiger partial charge on any atom is -0.480 e. The molecule has 0 unspecified atom stereocenters. The van der Waals surface area contributed by atoms with E-state index in [4.69, 9.17) is 0 Å². The molecular weight excluding hydrogens is 735 g/mol. The highest BCUT2D eigenvalue weighted by atomic mass is 32.2. The van der Waals surface area contributed by atoms with Crippen LogP contribution >= 0.6 is 23.5 Å². The molecule has 0 fully saturated rings. The Morgan fingerprint density at radius 2 is 0.893 bits per heavy atom. The van der Waals surface area contributed by atoms with Gasteiger partial charge in [0.05, 0.1) is 22.2 Å². The van der Waals surface area contributed by atoms with Crippen LogP contribution < -0.4 is 16.0 Å². The Balaban J connectivity index is 1.51. The fourth-order valence-corrected chi connectivity index (χ4v) is 9.46. The summed E-state index contributed by atoms with van der Waals surface area (Å²) in [6, 6.07) is 58.8. The number of carboxylic acids is 1. The standard InChI is InChI=1S/C47H45N3O4S2/c1-35(51)48-34-55-32-43(45(53)54)49-44(52)42(50-46(36-20-8-2-9-21-36,37-22-10-3-11-23-37)38-24-12-4-13-25-38)33-56-47(39-26-14-5-15-27-39,40-28-16-6-17-29-40)41-30-18-7-19-31-41/h2-31,42-43,50H,32-34H2,1H3,(H,48,51)(H,49,52)(H,53,54)/t42-,43-/m0/s1. The van der Waals surface area contributed by atoms with Crippen LogP contribution in [0.2, 0.25) is 0 Å². The lowest BCUT2D eigenvalue weighted by Gasteiger charge is -2.41. The van der Waals surface area contributed by atoms with Crippen molar-refractivity contribution >= 4 is 41.3 Å². The van der Waals surface area contributed by atoms with Gasteiger partial charge in [0.1, 0.15) is 6.04 Å². The zero-order valence-corrected chi connectivity index (χ0v) is 32.7. The molecule has 7 nitrogen and oxygen atoms in total. The second-order valence-corrected chi connectivity index (χ2v) is 15.5. The van der Waals surface area contributed by atoms with E-state index in [0.717, 1.165) is 33.4 Å². The van der Waals surface area contributed by atoms with Gasteiger partial charge in [-0.2, -0.15) is 0 Å². The third kappa shape index (κ3) is 9.25. The van der Waals surface area contributed by atoms with Crippen molar-refractivity contribution in [1.82, 2.24) is 16.0 Å². The molecule has 56 heavy (non-hydrogen) atoms. The molecule has 0 heterocycles. The summed E-state index contributed by atoms with van der Waals surface area (Å²) in [4.78, 5) is 39.1. The number of carboxylic acid groups (broad SMARTS) is 1. The highest BCUT2D eigenvalue weighted by Gasteiger charge is 2.43. The fraction of sp³-hybridized carbons (Fsp3) is 0.170. The Labute approximate surface area is 337 Å². The number of aliphatic carboxylic acids is 1. The van der Waals surface area contributed by atoms with Gasteiger partial charge in [-0.1, -0.05) is 182 Å². The SMILES string of the molecule is CC(=O)NCSC[C@H](NC(=O)[C@H](CSC(c1ccccc1)(c1ccccc1)c1ccccc1)NC(c1ccccc1)(c1ccccc1)c1ccccc1)C(=O)O. The van der Waals surface area contributed by atoms with E-state index in [0.29, 0.717) is 0 Å². The summed E-state index contributed by atoms with van der Waals surface area (Å²) in [5, 5.41) is 19.8. The van der Waals surface area contributed by atoms with Gasteiger partial charge in [-0.05, 0) is 33.4 Å². The van der Waals surface area contributed by atoms with E-state index >= 15 is 0 Å². The Hall–Kier alpha value is -5.61. The maximum Gasteiger partial charge on any atom is 0.327 e. The number of hydrogen-bond acceptors (Lipinski definition) is 6. The number of amides is 2. The molecule has 0 spiro atoms. The Morgan fingerprint density at radius 3 is 1.23 bits per heavy atom. The topological polar surface area (TPSA) is 108 Å². The van der Waals surface area contributed by atoms with E-state index in [2.05, 4.69) is 88.7 Å². The van der Waals surface area contributed by atoms with Crippen molar-refractivity contribution in [2.75, 3.05) is 17.4 Å². The van der Waals surface area contributed by atoms with Crippen LogP contribution in [0.5, 0.6) is 0 Å². The van der Waals surface area contributed by atoms with Crippen LogP contribution in [-0.2, 0) is 24.7 Å². The van der Waals surface area contributed by atoms with Crippen LogP contribution in [0.15, 0.2) is 182 Å². The first-order chi connectivity index (χ1) is 27.3. The van der Waals surface area contributed by atoms with Crippen molar-refractivity contribution in [2.45, 2.75) is 29.3 Å². The van der Waals surface area contributed by atoms with E-state index in [1.807, 2.05) is 109 Å². The van der Waals surface area contributed by atoms with Crippen LogP contribution in [0.3, 0.4) is 0 Å². The summed E-state index contributed by atoms with van der Waals surface area (Å²) in [5.74, 6) is -1.31. The van der Waals surface area contributed by atoms with Crippen molar-refractivity contribution in [3.05, 3.63) is 215 Å². The van der Waals surface area contributed by atoms with Crippen LogP contribution in [0.25, 0.3) is 0 Å². The molecule has 2 amide bonds. The van der Waals surface area contributed by atoms with Gasteiger partial charge in [0.25, 0.3) is 0 Å². The molecular formula is C47H45N3O4S2. The third-order valence-electron chi connectivity index (χ3n) is 9.66. The Kier molecular flexibility index (Phi) is 13.8. The number of rotatable bonds is 18. The summed E-state index contributed by atoms with van der Waals surface area (Å²) in [7, 11) is 0. The summed E-state index contributed by atoms with van der Waals surface area (Å²) in [6.07, 6.45) is 0. The highest BCUT2D eigenvalue weighted by Crippen LogP contribution is 2.49. The van der Waals surface area contributed by atoms with Crippen molar-refractivity contribution in [3.8, 4) is 0 Å². The van der Waals surface area contributed by atoms with E-state index in [1.54, 1.807) is 11.8 Å². The van der Waals surface area contributed by atoms with Gasteiger partial charge < -0.3 is 15.7 Å². The quantitative estimate of drug-likeness (QED) is 0.0398. The van der Waals surface area contributed by atoms with Crippen molar-refractivity contribution in [3.63, 3.8) is 0 Å². The molecule has 0 bridgehead atoms. The summed E-state index contributed by atoms with van der Waals surface area (Å²) in [6.45, 7) is 1.41. The average Bonchev–Trinajstić information content (AvgIpc) is 3.25. The molecule has 6 aromatic rings. The average molecular weight is 780 g/mol. The minimum absolute atomic E-state index is 0.0599. The Morgan fingerprint density at radius 1 is 0.536 bits per heavy atom. The molecule has 0 aliphatic carbocycles. The molecule has 0 aromatic heterocycles. The number of thioether (sulfide) groups is 2. The number of benzene rings is 6. The fourth-order valence-electron chi connectivity index (χ4n) is 7.01. The van der Waals surface area contributed by atoms with Crippen molar-refractivity contribution in [2.24, 2.45) is 0 Å². The molecule has 284 valence electrons. The zero-order valence-electron chi connectivity index (χ0n) is 31.1. The van der Waals surface area contributed by atoms with Crippen LogP contribution in [0, 0.1) is 0 Å². The van der Waals surface area contributed by atoms with E-state index in [1.165, 1.54) is 18.7 Å². The maximum absolute atomic E-state index is 15.0. The lowest BCUT2D eigenvalue weighted by molar-refractivity contribution is -0.141. The van der Waals surface area contributed by atoms with Crippen molar-refractivity contribution < 1.29 is 19.5 Å². The first-order valence-corrected chi connectivity index (χ1v) is 20.6. The predicted octanol–water partition coefficient (Wildman–Crippen LogP) is 8.06.